The van der Waals surface area contributed by atoms with E-state index in [2.05, 4.69) is 22.1 Å². The van der Waals surface area contributed by atoms with E-state index in [9.17, 15) is 4.79 Å². The van der Waals surface area contributed by atoms with Crippen LogP contribution in [0.15, 0.2) is 60.3 Å². The summed E-state index contributed by atoms with van der Waals surface area (Å²) < 4.78 is 7.79. The molecule has 0 unspecified atom stereocenters. The van der Waals surface area contributed by atoms with Gasteiger partial charge in [0, 0.05) is 17.3 Å². The van der Waals surface area contributed by atoms with Gasteiger partial charge in [-0.05, 0) is 49.2 Å². The monoisotopic (exact) mass is 442 g/mol. The maximum absolute atomic E-state index is 12.4. The zero-order valence-corrected chi connectivity index (χ0v) is 18.5. The molecule has 0 aliphatic heterocycles. The molecule has 0 fully saturated rings. The molecule has 30 heavy (non-hydrogen) atoms. The van der Waals surface area contributed by atoms with Gasteiger partial charge >= 0.3 is 0 Å². The Morgan fingerprint density at radius 1 is 1.23 bits per heavy atom. The molecule has 8 heteroatoms. The lowest BCUT2D eigenvalue weighted by Crippen LogP contribution is -2.15. The summed E-state index contributed by atoms with van der Waals surface area (Å²) in [5, 5.41) is 12.6. The Hall–Kier alpha value is -2.77. The van der Waals surface area contributed by atoms with Crippen molar-refractivity contribution in [3.05, 3.63) is 77.1 Å². The van der Waals surface area contributed by atoms with E-state index in [4.69, 9.17) is 16.3 Å². The highest BCUT2D eigenvalue weighted by molar-refractivity contribution is 7.99. The van der Waals surface area contributed by atoms with Gasteiger partial charge < -0.3 is 10.1 Å². The topological polar surface area (TPSA) is 69.0 Å². The molecule has 0 aliphatic rings. The average molecular weight is 443 g/mol. The van der Waals surface area contributed by atoms with E-state index in [-0.39, 0.29) is 18.3 Å². The predicted molar refractivity (Wildman–Crippen MR) is 121 cm³/mol. The third-order valence-corrected chi connectivity index (χ3v) is 5.55. The summed E-state index contributed by atoms with van der Waals surface area (Å²) >= 11 is 7.28. The second kappa shape index (κ2) is 10.3. The van der Waals surface area contributed by atoms with Crippen molar-refractivity contribution >= 4 is 35.0 Å². The summed E-state index contributed by atoms with van der Waals surface area (Å²) in [6.07, 6.45) is 1.77. The minimum absolute atomic E-state index is 0.128. The molecule has 2 aromatic carbocycles. The van der Waals surface area contributed by atoms with Crippen LogP contribution in [-0.2, 0) is 17.9 Å². The summed E-state index contributed by atoms with van der Waals surface area (Å²) in [4.78, 5) is 12.4. The van der Waals surface area contributed by atoms with Crippen LogP contribution in [0, 0.1) is 13.8 Å². The van der Waals surface area contributed by atoms with Crippen molar-refractivity contribution in [2.24, 2.45) is 0 Å². The molecule has 6 nitrogen and oxygen atoms in total. The van der Waals surface area contributed by atoms with Gasteiger partial charge in [0.15, 0.2) is 11.0 Å². The van der Waals surface area contributed by atoms with Crippen LogP contribution in [0.4, 0.5) is 5.69 Å². The number of benzene rings is 2. The number of halogens is 1. The van der Waals surface area contributed by atoms with E-state index in [1.807, 2.05) is 48.7 Å². The Balaban J connectivity index is 1.63. The molecular weight excluding hydrogens is 420 g/mol. The molecular formula is C22H23ClN4O2S. The van der Waals surface area contributed by atoms with Gasteiger partial charge in [0.1, 0.15) is 12.4 Å². The fraction of sp³-hybridized carbons (Fsp3) is 0.227. The summed E-state index contributed by atoms with van der Waals surface area (Å²) in [7, 11) is 0. The van der Waals surface area contributed by atoms with Gasteiger partial charge in [0.25, 0.3) is 0 Å². The number of allylic oxidation sites excluding steroid dienone is 1. The lowest BCUT2D eigenvalue weighted by atomic mass is 10.2. The molecule has 1 aromatic heterocycles. The zero-order chi connectivity index (χ0) is 21.5. The van der Waals surface area contributed by atoms with E-state index < -0.39 is 0 Å². The summed E-state index contributed by atoms with van der Waals surface area (Å²) in [6, 6.07) is 13.2. The molecule has 156 valence electrons. The second-order valence-corrected chi connectivity index (χ2v) is 8.03. The molecule has 3 aromatic rings. The van der Waals surface area contributed by atoms with Crippen LogP contribution in [0.25, 0.3) is 0 Å². The van der Waals surface area contributed by atoms with Crippen molar-refractivity contribution in [1.82, 2.24) is 14.8 Å². The molecule has 1 amide bonds. The Morgan fingerprint density at radius 3 is 2.77 bits per heavy atom. The van der Waals surface area contributed by atoms with Crippen LogP contribution in [-0.4, -0.2) is 26.4 Å². The molecule has 0 aliphatic carbocycles. The molecule has 0 atom stereocenters. The van der Waals surface area contributed by atoms with Gasteiger partial charge in [-0.3, -0.25) is 9.36 Å². The van der Waals surface area contributed by atoms with Crippen molar-refractivity contribution < 1.29 is 9.53 Å². The predicted octanol–water partition coefficient (Wildman–Crippen LogP) is 5.04. The second-order valence-electron chi connectivity index (χ2n) is 6.65. The highest BCUT2D eigenvalue weighted by Gasteiger charge is 2.15. The molecule has 0 saturated carbocycles. The number of amides is 1. The van der Waals surface area contributed by atoms with Crippen LogP contribution >= 0.6 is 23.4 Å². The van der Waals surface area contributed by atoms with Crippen LogP contribution in [0.2, 0.25) is 5.02 Å². The molecule has 1 heterocycles. The van der Waals surface area contributed by atoms with Crippen LogP contribution < -0.4 is 10.1 Å². The largest absolute Gasteiger partial charge is 0.485 e. The maximum atomic E-state index is 12.4. The van der Waals surface area contributed by atoms with Crippen molar-refractivity contribution in [3.8, 4) is 5.75 Å². The molecule has 0 saturated heterocycles. The maximum Gasteiger partial charge on any atom is 0.234 e. The summed E-state index contributed by atoms with van der Waals surface area (Å²) in [6.45, 7) is 8.50. The van der Waals surface area contributed by atoms with Gasteiger partial charge in [0.2, 0.25) is 5.91 Å². The van der Waals surface area contributed by atoms with E-state index in [0.717, 1.165) is 22.6 Å². The number of nitrogens with one attached hydrogen (secondary N) is 1. The van der Waals surface area contributed by atoms with E-state index in [1.54, 1.807) is 18.2 Å². The van der Waals surface area contributed by atoms with Crippen LogP contribution in [0.3, 0.4) is 0 Å². The van der Waals surface area contributed by atoms with Gasteiger partial charge in [0.05, 0.1) is 5.75 Å². The van der Waals surface area contributed by atoms with Gasteiger partial charge in [-0.1, -0.05) is 47.6 Å². The average Bonchev–Trinajstić information content (AvgIpc) is 3.10. The first kappa shape index (κ1) is 21.9. The van der Waals surface area contributed by atoms with Crippen molar-refractivity contribution in [1.29, 1.82) is 0 Å². The minimum atomic E-state index is -0.128. The van der Waals surface area contributed by atoms with Crippen molar-refractivity contribution in [2.75, 3.05) is 11.1 Å². The first-order valence-corrected chi connectivity index (χ1v) is 10.7. The third kappa shape index (κ3) is 5.64. The lowest BCUT2D eigenvalue weighted by molar-refractivity contribution is -0.113. The SMILES string of the molecule is C=CCn1c(COc2ccccc2C)nnc1SCC(=O)Nc1ccc(Cl)cc1C. The van der Waals surface area contributed by atoms with E-state index in [0.29, 0.717) is 22.5 Å². The summed E-state index contributed by atoms with van der Waals surface area (Å²) in [5.74, 6) is 1.55. The molecule has 0 radical (unpaired) electrons. The van der Waals surface area contributed by atoms with Crippen LogP contribution in [0.1, 0.15) is 17.0 Å². The first-order valence-electron chi connectivity index (χ1n) is 9.38. The third-order valence-electron chi connectivity index (χ3n) is 4.35. The number of aromatic nitrogens is 3. The first-order chi connectivity index (χ1) is 14.5. The zero-order valence-electron chi connectivity index (χ0n) is 16.9. The van der Waals surface area contributed by atoms with E-state index >= 15 is 0 Å². The fourth-order valence-corrected chi connectivity index (χ4v) is 3.78. The van der Waals surface area contributed by atoms with Gasteiger partial charge in [-0.25, -0.2) is 0 Å². The number of para-hydroxylation sites is 1. The van der Waals surface area contributed by atoms with E-state index in [1.165, 1.54) is 11.8 Å². The number of carbonyl (C=O) groups is 1. The van der Waals surface area contributed by atoms with Crippen molar-refractivity contribution in [3.63, 3.8) is 0 Å². The normalized spacial score (nSPS) is 10.6. The number of rotatable bonds is 9. The summed E-state index contributed by atoms with van der Waals surface area (Å²) in [5.41, 5.74) is 2.70. The Morgan fingerprint density at radius 2 is 2.03 bits per heavy atom. The number of thioether (sulfide) groups is 1. The molecule has 1 N–H and O–H groups in total. The fourth-order valence-electron chi connectivity index (χ4n) is 2.79. The minimum Gasteiger partial charge on any atom is -0.485 e. The number of carbonyl (C=O) groups excluding carboxylic acids is 1. The standard InChI is InChI=1S/C22H23ClN4O2S/c1-4-11-27-20(13-29-19-8-6-5-7-15(19)2)25-26-22(27)30-14-21(28)24-18-10-9-17(23)12-16(18)3/h4-10,12H,1,11,13-14H2,2-3H3,(H,24,28). The number of anilines is 1. The molecule has 0 bridgehead atoms. The Kier molecular flexibility index (Phi) is 7.54. The number of hydrogen-bond acceptors (Lipinski definition) is 5. The Bertz CT molecular complexity index is 1050. The molecule has 3 rings (SSSR count). The lowest BCUT2D eigenvalue weighted by Gasteiger charge is -2.11. The number of hydrogen-bond donors (Lipinski definition) is 1. The smallest absolute Gasteiger partial charge is 0.234 e. The Labute approximate surface area is 185 Å². The van der Waals surface area contributed by atoms with Crippen LogP contribution in [0.5, 0.6) is 5.75 Å². The van der Waals surface area contributed by atoms with Crippen molar-refractivity contribution in [2.45, 2.75) is 32.2 Å². The number of ether oxygens (including phenoxy) is 1. The highest BCUT2D eigenvalue weighted by atomic mass is 35.5. The number of aryl methyl sites for hydroxylation is 2. The quantitative estimate of drug-likeness (QED) is 0.371. The number of nitrogens with zero attached hydrogens (tertiary/aromatic N) is 3. The van der Waals surface area contributed by atoms with Gasteiger partial charge in [-0.15, -0.1) is 16.8 Å². The molecule has 0 spiro atoms. The van der Waals surface area contributed by atoms with Gasteiger partial charge in [-0.2, -0.15) is 0 Å². The highest BCUT2D eigenvalue weighted by Crippen LogP contribution is 2.22.